The molecule has 20 heavy (non-hydrogen) atoms. The second-order valence-electron chi connectivity index (χ2n) is 5.76. The molecule has 1 aliphatic carbocycles. The molecule has 1 heterocycles. The fourth-order valence-corrected chi connectivity index (χ4v) is 3.62. The molecule has 0 saturated heterocycles. The molecule has 0 aliphatic heterocycles. The van der Waals surface area contributed by atoms with Crippen LogP contribution < -0.4 is 11.1 Å². The number of rotatable bonds is 5. The molecule has 1 aliphatic rings. The van der Waals surface area contributed by atoms with Crippen molar-refractivity contribution in [1.82, 2.24) is 14.9 Å². The van der Waals surface area contributed by atoms with E-state index in [1.165, 1.54) is 18.0 Å². The van der Waals surface area contributed by atoms with Crippen molar-refractivity contribution in [3.63, 3.8) is 0 Å². The number of aryl methyl sites for hydroxylation is 1. The van der Waals surface area contributed by atoms with Crippen molar-refractivity contribution in [3.8, 4) is 0 Å². The fourth-order valence-electron chi connectivity index (χ4n) is 3.02. The van der Waals surface area contributed by atoms with E-state index in [1.54, 1.807) is 0 Å². The topological polar surface area (TPSA) is 80.9 Å². The SMILES string of the molecule is CCCc1nnsc1C(=O)NC1(CN)CCCCC1C. The highest BCUT2D eigenvalue weighted by Gasteiger charge is 2.39. The number of aromatic nitrogens is 2. The summed E-state index contributed by atoms with van der Waals surface area (Å²) >= 11 is 1.18. The lowest BCUT2D eigenvalue weighted by Crippen LogP contribution is -2.59. The maximum atomic E-state index is 12.5. The molecule has 2 rings (SSSR count). The molecule has 0 spiro atoms. The number of carbonyl (C=O) groups is 1. The highest BCUT2D eigenvalue weighted by Crippen LogP contribution is 2.33. The normalized spacial score (nSPS) is 26.4. The molecule has 2 unspecified atom stereocenters. The third-order valence-corrected chi connectivity index (χ3v) is 5.20. The monoisotopic (exact) mass is 296 g/mol. The van der Waals surface area contributed by atoms with Crippen molar-refractivity contribution in [2.75, 3.05) is 6.54 Å². The minimum Gasteiger partial charge on any atom is -0.344 e. The molecule has 1 saturated carbocycles. The Kier molecular flexibility index (Phi) is 5.10. The summed E-state index contributed by atoms with van der Waals surface area (Å²) in [5, 5.41) is 7.26. The maximum absolute atomic E-state index is 12.5. The van der Waals surface area contributed by atoms with Crippen molar-refractivity contribution in [1.29, 1.82) is 0 Å². The summed E-state index contributed by atoms with van der Waals surface area (Å²) in [4.78, 5) is 13.2. The third-order valence-electron chi connectivity index (χ3n) is 4.43. The Balaban J connectivity index is 2.14. The van der Waals surface area contributed by atoms with Crippen LogP contribution in [0, 0.1) is 5.92 Å². The largest absolute Gasteiger partial charge is 0.344 e. The van der Waals surface area contributed by atoms with E-state index in [4.69, 9.17) is 5.73 Å². The van der Waals surface area contributed by atoms with E-state index in [0.29, 0.717) is 17.3 Å². The Labute approximate surface area is 124 Å². The van der Waals surface area contributed by atoms with Gasteiger partial charge in [-0.1, -0.05) is 37.6 Å². The molecule has 112 valence electrons. The quantitative estimate of drug-likeness (QED) is 0.872. The molecule has 5 nitrogen and oxygen atoms in total. The Bertz CT molecular complexity index is 462. The highest BCUT2D eigenvalue weighted by atomic mass is 32.1. The van der Waals surface area contributed by atoms with Crippen molar-refractivity contribution < 1.29 is 4.79 Å². The summed E-state index contributed by atoms with van der Waals surface area (Å²) in [7, 11) is 0. The zero-order valence-corrected chi connectivity index (χ0v) is 13.1. The zero-order chi connectivity index (χ0) is 14.6. The van der Waals surface area contributed by atoms with Crippen LogP contribution in [0.15, 0.2) is 0 Å². The smallest absolute Gasteiger partial charge is 0.265 e. The average molecular weight is 296 g/mol. The van der Waals surface area contributed by atoms with Crippen LogP contribution in [-0.4, -0.2) is 27.6 Å². The van der Waals surface area contributed by atoms with Crippen LogP contribution in [0.4, 0.5) is 0 Å². The molecule has 1 aromatic rings. The van der Waals surface area contributed by atoms with E-state index < -0.39 is 0 Å². The van der Waals surface area contributed by atoms with Crippen molar-refractivity contribution in [3.05, 3.63) is 10.6 Å². The van der Waals surface area contributed by atoms with Gasteiger partial charge in [0.05, 0.1) is 11.2 Å². The first-order valence-corrected chi connectivity index (χ1v) is 8.24. The van der Waals surface area contributed by atoms with Crippen LogP contribution in [0.1, 0.15) is 61.3 Å². The van der Waals surface area contributed by atoms with E-state index in [2.05, 4.69) is 28.8 Å². The molecular weight excluding hydrogens is 272 g/mol. The summed E-state index contributed by atoms with van der Waals surface area (Å²) in [6, 6.07) is 0. The molecule has 3 N–H and O–H groups in total. The van der Waals surface area contributed by atoms with Gasteiger partial charge in [-0.2, -0.15) is 0 Å². The van der Waals surface area contributed by atoms with Gasteiger partial charge in [0.15, 0.2) is 0 Å². The van der Waals surface area contributed by atoms with Crippen LogP contribution in [0.2, 0.25) is 0 Å². The van der Waals surface area contributed by atoms with Gasteiger partial charge in [-0.15, -0.1) is 5.10 Å². The molecule has 0 radical (unpaired) electrons. The molecular formula is C14H24N4OS. The second kappa shape index (κ2) is 6.63. The fraction of sp³-hybridized carbons (Fsp3) is 0.786. The van der Waals surface area contributed by atoms with Crippen LogP contribution >= 0.6 is 11.5 Å². The first-order valence-electron chi connectivity index (χ1n) is 7.46. The number of carbonyl (C=O) groups excluding carboxylic acids is 1. The van der Waals surface area contributed by atoms with Crippen molar-refractivity contribution in [2.24, 2.45) is 11.7 Å². The molecule has 2 atom stereocenters. The van der Waals surface area contributed by atoms with E-state index in [1.807, 2.05) is 0 Å². The Morgan fingerprint density at radius 1 is 1.55 bits per heavy atom. The molecule has 1 fully saturated rings. The molecule has 0 bridgehead atoms. The minimum atomic E-state index is -0.261. The first-order chi connectivity index (χ1) is 9.63. The number of amides is 1. The number of nitrogens with two attached hydrogens (primary N) is 1. The van der Waals surface area contributed by atoms with E-state index in [-0.39, 0.29) is 11.4 Å². The van der Waals surface area contributed by atoms with Crippen LogP contribution in [-0.2, 0) is 6.42 Å². The summed E-state index contributed by atoms with van der Waals surface area (Å²) in [5.41, 5.74) is 6.53. The average Bonchev–Trinajstić information content (AvgIpc) is 2.90. The van der Waals surface area contributed by atoms with Crippen molar-refractivity contribution >= 4 is 17.4 Å². The van der Waals surface area contributed by atoms with Gasteiger partial charge in [-0.3, -0.25) is 4.79 Å². The molecule has 1 aromatic heterocycles. The van der Waals surface area contributed by atoms with Crippen molar-refractivity contribution in [2.45, 2.75) is 57.9 Å². The minimum absolute atomic E-state index is 0.0531. The Morgan fingerprint density at radius 3 is 3.00 bits per heavy atom. The standard InChI is InChI=1S/C14H24N4OS/c1-3-6-11-12(20-18-17-11)13(19)16-14(9-15)8-5-4-7-10(14)2/h10H,3-9,15H2,1-2H3,(H,16,19). The van der Waals surface area contributed by atoms with Gasteiger partial charge in [0.25, 0.3) is 5.91 Å². The Hall–Kier alpha value is -1.01. The lowest BCUT2D eigenvalue weighted by Gasteiger charge is -2.42. The number of nitrogens with zero attached hydrogens (tertiary/aromatic N) is 2. The molecule has 6 heteroatoms. The number of hydrogen-bond donors (Lipinski definition) is 2. The number of hydrogen-bond acceptors (Lipinski definition) is 5. The third kappa shape index (κ3) is 3.01. The Morgan fingerprint density at radius 2 is 2.35 bits per heavy atom. The van der Waals surface area contributed by atoms with Crippen LogP contribution in [0.5, 0.6) is 0 Å². The van der Waals surface area contributed by atoms with Gasteiger partial charge in [0.1, 0.15) is 4.88 Å². The molecule has 1 amide bonds. The summed E-state index contributed by atoms with van der Waals surface area (Å²) in [6.45, 7) is 4.76. The van der Waals surface area contributed by atoms with Gasteiger partial charge < -0.3 is 11.1 Å². The second-order valence-corrected chi connectivity index (χ2v) is 6.51. The van der Waals surface area contributed by atoms with Gasteiger partial charge in [0.2, 0.25) is 0 Å². The van der Waals surface area contributed by atoms with E-state index in [9.17, 15) is 4.79 Å². The maximum Gasteiger partial charge on any atom is 0.265 e. The van der Waals surface area contributed by atoms with Gasteiger partial charge >= 0.3 is 0 Å². The lowest BCUT2D eigenvalue weighted by atomic mass is 9.73. The summed E-state index contributed by atoms with van der Waals surface area (Å²) in [6.07, 6.45) is 6.20. The number of nitrogens with one attached hydrogen (secondary N) is 1. The summed E-state index contributed by atoms with van der Waals surface area (Å²) < 4.78 is 3.92. The lowest BCUT2D eigenvalue weighted by molar-refractivity contribution is 0.0816. The highest BCUT2D eigenvalue weighted by molar-refractivity contribution is 7.08. The molecule has 0 aromatic carbocycles. The van der Waals surface area contributed by atoms with E-state index in [0.717, 1.165) is 37.8 Å². The predicted octanol–water partition coefficient (Wildman–Crippen LogP) is 2.13. The van der Waals surface area contributed by atoms with Crippen LogP contribution in [0.25, 0.3) is 0 Å². The van der Waals surface area contributed by atoms with Gasteiger partial charge in [-0.25, -0.2) is 0 Å². The van der Waals surface area contributed by atoms with Gasteiger partial charge in [-0.05, 0) is 36.7 Å². The van der Waals surface area contributed by atoms with E-state index >= 15 is 0 Å². The van der Waals surface area contributed by atoms with Crippen LogP contribution in [0.3, 0.4) is 0 Å². The van der Waals surface area contributed by atoms with Gasteiger partial charge in [0, 0.05) is 6.54 Å². The zero-order valence-electron chi connectivity index (χ0n) is 12.3. The summed E-state index contributed by atoms with van der Waals surface area (Å²) in [5.74, 6) is 0.364. The first kappa shape index (κ1) is 15.4. The predicted molar refractivity (Wildman–Crippen MR) is 80.8 cm³/mol.